The average Bonchev–Trinajstić information content (AvgIpc) is 2.83. The Morgan fingerprint density at radius 2 is 1.46 bits per heavy atom. The van der Waals surface area contributed by atoms with Crippen LogP contribution in [0.3, 0.4) is 0 Å². The number of hydrogen-bond acceptors (Lipinski definition) is 7. The Bertz CT molecular complexity index is 967. The van der Waals surface area contributed by atoms with Gasteiger partial charge >= 0.3 is 5.97 Å². The molecule has 0 aromatic heterocycles. The van der Waals surface area contributed by atoms with Gasteiger partial charge in [0, 0.05) is 13.0 Å². The summed E-state index contributed by atoms with van der Waals surface area (Å²) in [5.74, 6) is -4.29. The fourth-order valence-electron chi connectivity index (χ4n) is 3.22. The first-order valence-corrected chi connectivity index (χ1v) is 11.7. The third kappa shape index (κ3) is 12.4. The lowest BCUT2D eigenvalue weighted by molar-refractivity contribution is -0.142. The summed E-state index contributed by atoms with van der Waals surface area (Å²) in [7, 11) is 0. The summed E-state index contributed by atoms with van der Waals surface area (Å²) in [5, 5.41) is 16.4. The van der Waals surface area contributed by atoms with Crippen LogP contribution in [-0.2, 0) is 30.4 Å². The normalized spacial score (nSPS) is 13.8. The van der Waals surface area contributed by atoms with Crippen molar-refractivity contribution in [3.8, 4) is 0 Å². The zero-order chi connectivity index (χ0) is 28.0. The van der Waals surface area contributed by atoms with Crippen molar-refractivity contribution in [2.24, 2.45) is 27.9 Å². The van der Waals surface area contributed by atoms with Gasteiger partial charge in [0.15, 0.2) is 5.96 Å². The summed E-state index contributed by atoms with van der Waals surface area (Å²) in [4.78, 5) is 64.7. The molecule has 0 radical (unpaired) electrons. The number of hydrogen-bond donors (Lipinski definition) is 8. The number of guanidine groups is 1. The van der Waals surface area contributed by atoms with Gasteiger partial charge in [-0.05, 0) is 38.2 Å². The van der Waals surface area contributed by atoms with Crippen LogP contribution >= 0.6 is 0 Å². The van der Waals surface area contributed by atoms with Gasteiger partial charge in [-0.1, -0.05) is 30.3 Å². The van der Waals surface area contributed by atoms with Gasteiger partial charge in [0.1, 0.15) is 18.1 Å². The largest absolute Gasteiger partial charge is 0.480 e. The Morgan fingerprint density at radius 1 is 0.892 bits per heavy atom. The predicted octanol–water partition coefficient (Wildman–Crippen LogP) is -2.57. The van der Waals surface area contributed by atoms with E-state index in [1.54, 1.807) is 0 Å². The van der Waals surface area contributed by atoms with Gasteiger partial charge in [0.2, 0.25) is 23.6 Å². The second kappa shape index (κ2) is 15.7. The Labute approximate surface area is 214 Å². The fourth-order valence-corrected chi connectivity index (χ4v) is 3.22. The molecule has 204 valence electrons. The van der Waals surface area contributed by atoms with E-state index in [9.17, 15) is 24.0 Å². The molecule has 1 aromatic rings. The van der Waals surface area contributed by atoms with Crippen molar-refractivity contribution in [1.29, 1.82) is 0 Å². The maximum absolute atomic E-state index is 13.1. The third-order valence-electron chi connectivity index (χ3n) is 5.26. The standard InChI is InChI=1S/C23H36N8O6/c1-13(22(36)37)29-20(34)17(9-10-18(25)32)31-21(35)16(8-5-11-28-23(26)27)30-19(33)15(24)12-14-6-3-2-4-7-14/h2-4,6-7,13,15-17H,5,8-12,24H2,1H3,(H2,25,32)(H,29,34)(H,30,33)(H,31,35)(H,36,37)(H4,26,27,28). The lowest BCUT2D eigenvalue weighted by atomic mass is 10.0. The molecule has 4 unspecified atom stereocenters. The van der Waals surface area contributed by atoms with Crippen molar-refractivity contribution in [2.45, 2.75) is 63.2 Å². The van der Waals surface area contributed by atoms with Crippen LogP contribution in [-0.4, -0.2) is 71.4 Å². The molecule has 1 aromatic carbocycles. The number of aliphatic imine (C=N–C) groups is 1. The van der Waals surface area contributed by atoms with E-state index in [-0.39, 0.29) is 38.2 Å². The Balaban J connectivity index is 2.99. The maximum Gasteiger partial charge on any atom is 0.325 e. The van der Waals surface area contributed by atoms with Crippen LogP contribution < -0.4 is 38.9 Å². The zero-order valence-corrected chi connectivity index (χ0v) is 20.7. The van der Waals surface area contributed by atoms with Crippen LogP contribution in [0.5, 0.6) is 0 Å². The molecule has 0 saturated carbocycles. The van der Waals surface area contributed by atoms with E-state index in [4.69, 9.17) is 28.0 Å². The molecule has 0 saturated heterocycles. The molecular formula is C23H36N8O6. The van der Waals surface area contributed by atoms with Crippen molar-refractivity contribution in [1.82, 2.24) is 16.0 Å². The van der Waals surface area contributed by atoms with Crippen LogP contribution in [0.1, 0.15) is 38.2 Å². The number of amides is 4. The summed E-state index contributed by atoms with van der Waals surface area (Å²) < 4.78 is 0. The summed E-state index contributed by atoms with van der Waals surface area (Å²) >= 11 is 0. The van der Waals surface area contributed by atoms with E-state index < -0.39 is 53.8 Å². The fraction of sp³-hybridized carbons (Fsp3) is 0.478. The molecule has 12 N–H and O–H groups in total. The summed E-state index contributed by atoms with van der Waals surface area (Å²) in [6, 6.07) is 4.46. The first-order chi connectivity index (χ1) is 17.4. The SMILES string of the molecule is CC(NC(=O)C(CCC(N)=O)NC(=O)C(CCCN=C(N)N)NC(=O)C(N)Cc1ccccc1)C(=O)O. The van der Waals surface area contributed by atoms with E-state index in [2.05, 4.69) is 20.9 Å². The maximum atomic E-state index is 13.1. The van der Waals surface area contributed by atoms with E-state index in [1.165, 1.54) is 6.92 Å². The zero-order valence-electron chi connectivity index (χ0n) is 20.7. The smallest absolute Gasteiger partial charge is 0.325 e. The van der Waals surface area contributed by atoms with E-state index in [1.807, 2.05) is 30.3 Å². The molecule has 14 nitrogen and oxygen atoms in total. The molecule has 14 heteroatoms. The average molecular weight is 521 g/mol. The van der Waals surface area contributed by atoms with Crippen molar-refractivity contribution in [3.63, 3.8) is 0 Å². The van der Waals surface area contributed by atoms with Crippen LogP contribution in [0, 0.1) is 0 Å². The molecular weight excluding hydrogens is 484 g/mol. The molecule has 37 heavy (non-hydrogen) atoms. The highest BCUT2D eigenvalue weighted by Crippen LogP contribution is 2.06. The van der Waals surface area contributed by atoms with Crippen LogP contribution in [0.2, 0.25) is 0 Å². The van der Waals surface area contributed by atoms with Gasteiger partial charge in [-0.3, -0.25) is 29.0 Å². The van der Waals surface area contributed by atoms with Gasteiger partial charge in [-0.25, -0.2) is 0 Å². The topological polar surface area (TPSA) is 258 Å². The molecule has 0 bridgehead atoms. The van der Waals surface area contributed by atoms with E-state index >= 15 is 0 Å². The minimum absolute atomic E-state index is 0.0993. The molecule has 0 aliphatic heterocycles. The molecule has 0 aliphatic rings. The molecule has 4 amide bonds. The number of carbonyl (C=O) groups is 5. The van der Waals surface area contributed by atoms with E-state index in [0.717, 1.165) is 5.56 Å². The lowest BCUT2D eigenvalue weighted by Crippen LogP contribution is -2.57. The molecule has 0 heterocycles. The molecule has 0 fully saturated rings. The monoisotopic (exact) mass is 520 g/mol. The van der Waals surface area contributed by atoms with Crippen molar-refractivity contribution < 1.29 is 29.1 Å². The van der Waals surface area contributed by atoms with Gasteiger partial charge in [0.05, 0.1) is 6.04 Å². The highest BCUT2D eigenvalue weighted by Gasteiger charge is 2.29. The van der Waals surface area contributed by atoms with Gasteiger partial charge in [-0.2, -0.15) is 0 Å². The highest BCUT2D eigenvalue weighted by molar-refractivity contribution is 5.94. The lowest BCUT2D eigenvalue weighted by Gasteiger charge is -2.24. The molecule has 0 aliphatic carbocycles. The highest BCUT2D eigenvalue weighted by atomic mass is 16.4. The second-order valence-corrected chi connectivity index (χ2v) is 8.44. The van der Waals surface area contributed by atoms with Gasteiger partial charge in [-0.15, -0.1) is 0 Å². The number of rotatable bonds is 16. The van der Waals surface area contributed by atoms with Gasteiger partial charge < -0.3 is 44.0 Å². The first-order valence-electron chi connectivity index (χ1n) is 11.7. The van der Waals surface area contributed by atoms with Crippen molar-refractivity contribution in [2.75, 3.05) is 6.54 Å². The van der Waals surface area contributed by atoms with Crippen LogP contribution in [0.15, 0.2) is 35.3 Å². The quantitative estimate of drug-likeness (QED) is 0.0646. The van der Waals surface area contributed by atoms with Crippen LogP contribution in [0.25, 0.3) is 0 Å². The second-order valence-electron chi connectivity index (χ2n) is 8.44. The summed E-state index contributed by atoms with van der Waals surface area (Å²) in [6.45, 7) is 1.42. The third-order valence-corrected chi connectivity index (χ3v) is 5.26. The molecule has 1 rings (SSSR count). The number of carbonyl (C=O) groups excluding carboxylic acids is 4. The van der Waals surface area contributed by atoms with Gasteiger partial charge in [0.25, 0.3) is 0 Å². The number of carboxylic acids is 1. The Kier molecular flexibility index (Phi) is 13.1. The Morgan fingerprint density at radius 3 is 2.03 bits per heavy atom. The number of nitrogens with two attached hydrogens (primary N) is 4. The number of benzene rings is 1. The number of nitrogens with one attached hydrogen (secondary N) is 3. The minimum atomic E-state index is -1.29. The summed E-state index contributed by atoms with van der Waals surface area (Å²) in [6.07, 6.45) is 0.205. The molecule has 4 atom stereocenters. The molecule has 0 spiro atoms. The number of aliphatic carboxylic acids is 1. The van der Waals surface area contributed by atoms with Crippen molar-refractivity contribution in [3.05, 3.63) is 35.9 Å². The minimum Gasteiger partial charge on any atom is -0.480 e. The number of primary amides is 1. The van der Waals surface area contributed by atoms with Crippen LogP contribution in [0.4, 0.5) is 0 Å². The predicted molar refractivity (Wildman–Crippen MR) is 136 cm³/mol. The van der Waals surface area contributed by atoms with E-state index in [0.29, 0.717) is 6.42 Å². The van der Waals surface area contributed by atoms with Crippen molar-refractivity contribution >= 4 is 35.6 Å². The Hall–Kier alpha value is -4.20. The number of nitrogens with zero attached hydrogens (tertiary/aromatic N) is 1. The summed E-state index contributed by atoms with van der Waals surface area (Å²) in [5.41, 5.74) is 22.7. The number of carboxylic acid groups (broad SMARTS) is 1. The first kappa shape index (κ1) is 30.8.